The zero-order chi connectivity index (χ0) is 41.0. The fourth-order valence-electron chi connectivity index (χ4n) is 8.80. The van der Waals surface area contributed by atoms with Crippen LogP contribution in [-0.4, -0.2) is 93.3 Å². The summed E-state index contributed by atoms with van der Waals surface area (Å²) >= 11 is 0. The molecule has 5 heterocycles. The number of likely N-dealkylation sites (tertiary alicyclic amines) is 2. The molecule has 14 heteroatoms. The second-order valence-electron chi connectivity index (χ2n) is 17.5. The largest absolute Gasteiger partial charge is 0.488 e. The molecule has 4 N–H and O–H groups in total. The van der Waals surface area contributed by atoms with E-state index < -0.39 is 17.7 Å². The lowest BCUT2D eigenvalue weighted by Crippen LogP contribution is -2.53. The Kier molecular flexibility index (Phi) is 10.3. The van der Waals surface area contributed by atoms with Crippen molar-refractivity contribution < 1.29 is 28.6 Å². The van der Waals surface area contributed by atoms with Gasteiger partial charge in [-0.25, -0.2) is 19.6 Å². The van der Waals surface area contributed by atoms with Gasteiger partial charge in [0.15, 0.2) is 0 Å². The summed E-state index contributed by atoms with van der Waals surface area (Å²) in [5, 5.41) is 7.40. The van der Waals surface area contributed by atoms with E-state index in [1.165, 1.54) is 0 Å². The number of carbonyl (C=O) groups is 3. The molecule has 58 heavy (non-hydrogen) atoms. The Morgan fingerprint density at radius 2 is 1.78 bits per heavy atom. The van der Waals surface area contributed by atoms with Crippen LogP contribution >= 0.6 is 0 Å². The molecule has 5 aromatic rings. The molecule has 0 radical (unpaired) electrons. The number of imidazole rings is 2. The number of carbonyl (C=O) groups excluding carboxylic acids is 3. The topological polar surface area (TPSA) is 167 Å². The molecule has 2 fully saturated rings. The molecule has 2 aromatic heterocycles. The molecule has 5 unspecified atom stereocenters. The maximum atomic E-state index is 14.1. The van der Waals surface area contributed by atoms with E-state index in [4.69, 9.17) is 24.2 Å². The smallest absolute Gasteiger partial charge is 0.410 e. The molecule has 4 amide bonds. The minimum atomic E-state index is -0.689. The van der Waals surface area contributed by atoms with Gasteiger partial charge in [-0.3, -0.25) is 9.69 Å². The van der Waals surface area contributed by atoms with Gasteiger partial charge in [-0.2, -0.15) is 0 Å². The Morgan fingerprint density at radius 3 is 2.52 bits per heavy atom. The number of hydrogen-bond acceptors (Lipinski definition) is 8. The Hall–Kier alpha value is -5.63. The number of urea groups is 1. The number of aromatic nitrogens is 4. The maximum absolute atomic E-state index is 14.1. The van der Waals surface area contributed by atoms with E-state index in [2.05, 4.69) is 63.9 Å². The molecule has 0 aliphatic carbocycles. The number of fused-ring (bicyclic) bond motifs is 6. The predicted molar refractivity (Wildman–Crippen MR) is 221 cm³/mol. The highest BCUT2D eigenvalue weighted by Gasteiger charge is 2.42. The number of H-pyrrole nitrogens is 2. The van der Waals surface area contributed by atoms with Crippen molar-refractivity contribution in [2.45, 2.75) is 84.7 Å². The molecule has 5 atom stereocenters. The normalized spacial score (nSPS) is 20.9. The van der Waals surface area contributed by atoms with Gasteiger partial charge in [-0.1, -0.05) is 39.0 Å². The van der Waals surface area contributed by atoms with Crippen molar-refractivity contribution in [3.05, 3.63) is 65.9 Å². The van der Waals surface area contributed by atoms with E-state index in [0.717, 1.165) is 67.7 Å². The highest BCUT2D eigenvalue weighted by Crippen LogP contribution is 2.44. The van der Waals surface area contributed by atoms with E-state index >= 15 is 0 Å². The lowest BCUT2D eigenvalue weighted by atomic mass is 9.92. The van der Waals surface area contributed by atoms with Gasteiger partial charge in [-0.15, -0.1) is 0 Å². The molecule has 0 spiro atoms. The summed E-state index contributed by atoms with van der Waals surface area (Å²) in [5.74, 6) is 2.44. The van der Waals surface area contributed by atoms with Crippen molar-refractivity contribution in [3.63, 3.8) is 0 Å². The van der Waals surface area contributed by atoms with Crippen molar-refractivity contribution in [2.75, 3.05) is 33.9 Å². The van der Waals surface area contributed by atoms with Crippen LogP contribution in [0.25, 0.3) is 44.2 Å². The van der Waals surface area contributed by atoms with Crippen LogP contribution in [0.5, 0.6) is 5.75 Å². The number of amides is 4. The molecule has 0 saturated carbocycles. The van der Waals surface area contributed by atoms with E-state index in [-0.39, 0.29) is 35.9 Å². The van der Waals surface area contributed by atoms with Crippen molar-refractivity contribution in [3.8, 4) is 28.1 Å². The van der Waals surface area contributed by atoms with E-state index in [0.29, 0.717) is 44.5 Å². The van der Waals surface area contributed by atoms with Gasteiger partial charge in [0.1, 0.15) is 35.6 Å². The van der Waals surface area contributed by atoms with Crippen molar-refractivity contribution >= 4 is 39.8 Å². The van der Waals surface area contributed by atoms with E-state index in [1.807, 2.05) is 51.8 Å². The number of ether oxygens (including phenoxy) is 3. The molecule has 0 bridgehead atoms. The average molecular weight is 791 g/mol. The van der Waals surface area contributed by atoms with Crippen molar-refractivity contribution in [1.82, 2.24) is 40.4 Å². The zero-order valence-electron chi connectivity index (χ0n) is 34.6. The summed E-state index contributed by atoms with van der Waals surface area (Å²) in [4.78, 5) is 60.0. The number of nitrogens with one attached hydrogen (secondary N) is 4. The van der Waals surface area contributed by atoms with E-state index in [1.54, 1.807) is 19.1 Å². The van der Waals surface area contributed by atoms with Crippen LogP contribution in [-0.2, 0) is 20.9 Å². The molecular formula is C44H54N8O6. The first-order valence-electron chi connectivity index (χ1n) is 20.3. The highest BCUT2D eigenvalue weighted by molar-refractivity contribution is 6.07. The molecule has 2 saturated heterocycles. The molecule has 8 rings (SSSR count). The Morgan fingerprint density at radius 1 is 0.983 bits per heavy atom. The van der Waals surface area contributed by atoms with Crippen molar-refractivity contribution in [2.24, 2.45) is 17.8 Å². The van der Waals surface area contributed by atoms with Crippen LogP contribution < -0.4 is 15.4 Å². The van der Waals surface area contributed by atoms with Gasteiger partial charge in [0.05, 0.1) is 41.6 Å². The third-order valence-corrected chi connectivity index (χ3v) is 11.6. The predicted octanol–water partition coefficient (Wildman–Crippen LogP) is 7.47. The Bertz CT molecular complexity index is 2380. The van der Waals surface area contributed by atoms with Gasteiger partial charge in [0.2, 0.25) is 5.91 Å². The molecule has 3 aliphatic rings. The molecular weight excluding hydrogens is 737 g/mol. The Balaban J connectivity index is 1.07. The standard InChI is InChI=1S/C44H54N8O6/c1-23(2)37(50-42(54)45-7)41(53)51-20-25(21-56-8)14-35(51)40-47-32-12-10-26-16-31-29-11-9-27(15-28(29)22-57-36(31)17-30(26)38(32)49-40)33-18-46-39(48-33)34-13-24(3)19-52(34)43(55)58-44(4,5)6/h9-12,15-18,23-25,34-35,37H,13-14,19-22H2,1-8H3,(H,46,48)(H,47,49)(H2,45,50,54). The first kappa shape index (κ1) is 39.2. The lowest BCUT2D eigenvalue weighted by Gasteiger charge is -2.30. The minimum Gasteiger partial charge on any atom is -0.488 e. The maximum Gasteiger partial charge on any atom is 0.410 e. The van der Waals surface area contributed by atoms with Gasteiger partial charge < -0.3 is 39.7 Å². The molecule has 306 valence electrons. The molecule has 3 aliphatic heterocycles. The van der Waals surface area contributed by atoms with Crippen LogP contribution in [0.4, 0.5) is 9.59 Å². The highest BCUT2D eigenvalue weighted by atomic mass is 16.6. The summed E-state index contributed by atoms with van der Waals surface area (Å²) in [6, 6.07) is 13.2. The second kappa shape index (κ2) is 15.3. The van der Waals surface area contributed by atoms with Gasteiger partial charge in [0.25, 0.3) is 0 Å². The fourth-order valence-corrected chi connectivity index (χ4v) is 8.80. The van der Waals surface area contributed by atoms with Gasteiger partial charge >= 0.3 is 12.1 Å². The third kappa shape index (κ3) is 7.45. The van der Waals surface area contributed by atoms with Crippen LogP contribution in [0.15, 0.2) is 48.7 Å². The van der Waals surface area contributed by atoms with Gasteiger partial charge in [-0.05, 0) is 91.8 Å². The number of nitrogens with zero attached hydrogens (tertiary/aromatic N) is 4. The quantitative estimate of drug-likeness (QED) is 0.126. The van der Waals surface area contributed by atoms with Crippen LogP contribution in [0, 0.1) is 17.8 Å². The lowest BCUT2D eigenvalue weighted by molar-refractivity contribution is -0.135. The monoisotopic (exact) mass is 790 g/mol. The van der Waals surface area contributed by atoms with Crippen LogP contribution in [0.2, 0.25) is 0 Å². The summed E-state index contributed by atoms with van der Waals surface area (Å²) in [6.07, 6.45) is 3.02. The summed E-state index contributed by atoms with van der Waals surface area (Å²) in [5.41, 5.74) is 6.14. The second-order valence-corrected chi connectivity index (χ2v) is 17.5. The minimum absolute atomic E-state index is 0.114. The van der Waals surface area contributed by atoms with E-state index in [9.17, 15) is 14.4 Å². The first-order valence-corrected chi connectivity index (χ1v) is 20.3. The number of rotatable bonds is 8. The van der Waals surface area contributed by atoms with Gasteiger partial charge in [0, 0.05) is 44.1 Å². The number of hydrogen-bond donors (Lipinski definition) is 4. The van der Waals surface area contributed by atoms with Crippen LogP contribution in [0.3, 0.4) is 0 Å². The molecule has 3 aromatic carbocycles. The third-order valence-electron chi connectivity index (χ3n) is 11.6. The summed E-state index contributed by atoms with van der Waals surface area (Å²) < 4.78 is 17.7. The number of aromatic amines is 2. The zero-order valence-corrected chi connectivity index (χ0v) is 34.6. The SMILES string of the molecule is CNC(=O)NC(C(=O)N1CC(COC)CC1c1nc2c(ccc3cc4c(cc32)OCc2cc(-c3cnc(C5CC(C)CN5C(=O)OC(C)(C)C)[nH]3)ccc2-4)[nH]1)C(C)C. The fraction of sp³-hybridized carbons (Fsp3) is 0.477. The van der Waals surface area contributed by atoms with Crippen LogP contribution in [0.1, 0.15) is 83.7 Å². The Labute approximate surface area is 338 Å². The summed E-state index contributed by atoms with van der Waals surface area (Å²) in [6.45, 7) is 13.7. The van der Waals surface area contributed by atoms with Crippen molar-refractivity contribution in [1.29, 1.82) is 0 Å². The number of benzene rings is 3. The average Bonchev–Trinajstić information content (AvgIpc) is 4.00. The molecule has 14 nitrogen and oxygen atoms in total. The first-order chi connectivity index (χ1) is 27.7. The number of methoxy groups -OCH3 is 1. The summed E-state index contributed by atoms with van der Waals surface area (Å²) in [7, 11) is 3.21.